The number of nitrogens with zero attached hydrogens (tertiary/aromatic N) is 1. The number of anilines is 1. The zero-order valence-corrected chi connectivity index (χ0v) is 17.0. The molecule has 27 heavy (non-hydrogen) atoms. The quantitative estimate of drug-likeness (QED) is 0.734. The summed E-state index contributed by atoms with van der Waals surface area (Å²) >= 11 is 1.83. The molecule has 2 aromatic rings. The number of nitrogens with one attached hydrogen (secondary N) is 1. The zero-order chi connectivity index (χ0) is 19.3. The molecule has 0 saturated heterocycles. The van der Waals surface area contributed by atoms with Gasteiger partial charge >= 0.3 is 0 Å². The first kappa shape index (κ1) is 19.8. The van der Waals surface area contributed by atoms with Gasteiger partial charge in [-0.1, -0.05) is 37.3 Å². The Morgan fingerprint density at radius 1 is 1.15 bits per heavy atom. The Labute approximate surface area is 165 Å². The fourth-order valence-electron chi connectivity index (χ4n) is 3.07. The lowest BCUT2D eigenvalue weighted by Crippen LogP contribution is -2.37. The molecule has 1 aliphatic rings. The molecule has 7 heteroatoms. The van der Waals surface area contributed by atoms with Crippen LogP contribution in [-0.2, 0) is 22.2 Å². The predicted octanol–water partition coefficient (Wildman–Crippen LogP) is 3.06. The Balaban J connectivity index is 1.54. The molecule has 0 bridgehead atoms. The Bertz CT molecular complexity index is 896. The summed E-state index contributed by atoms with van der Waals surface area (Å²) in [6.45, 7) is 2.67. The van der Waals surface area contributed by atoms with E-state index in [0.29, 0.717) is 12.1 Å². The monoisotopic (exact) mass is 404 g/mol. The normalized spacial score (nSPS) is 13.4. The van der Waals surface area contributed by atoms with Gasteiger partial charge in [-0.05, 0) is 41.5 Å². The van der Waals surface area contributed by atoms with Crippen molar-refractivity contribution in [1.29, 1.82) is 0 Å². The topological polar surface area (TPSA) is 66.5 Å². The maximum absolute atomic E-state index is 12.6. The summed E-state index contributed by atoms with van der Waals surface area (Å²) < 4.78 is 26.7. The lowest BCUT2D eigenvalue weighted by atomic mass is 10.1. The molecule has 0 aliphatic carbocycles. The fraction of sp³-hybridized carbons (Fsp3) is 0.350. The van der Waals surface area contributed by atoms with E-state index in [0.717, 1.165) is 29.2 Å². The van der Waals surface area contributed by atoms with Crippen LogP contribution in [0.25, 0.3) is 0 Å². The number of para-hydroxylation sites is 1. The number of thioether (sulfide) groups is 1. The van der Waals surface area contributed by atoms with Crippen LogP contribution in [0.4, 0.5) is 5.69 Å². The summed E-state index contributed by atoms with van der Waals surface area (Å²) in [7, 11) is -3.45. The number of fused-ring (bicyclic) bond motifs is 1. The second kappa shape index (κ2) is 8.80. The molecule has 0 aromatic heterocycles. The molecule has 2 aromatic carbocycles. The molecule has 1 aliphatic heterocycles. The summed E-state index contributed by atoms with van der Waals surface area (Å²) in [5.74, 6) is 1.62. The number of amides is 1. The van der Waals surface area contributed by atoms with Crippen LogP contribution < -0.4 is 9.62 Å². The van der Waals surface area contributed by atoms with E-state index < -0.39 is 10.0 Å². The predicted molar refractivity (Wildman–Crippen MR) is 112 cm³/mol. The minimum Gasteiger partial charge on any atom is -0.351 e. The lowest BCUT2D eigenvalue weighted by molar-refractivity contribution is 0.0956. The number of hydrogen-bond donors (Lipinski definition) is 1. The standard InChI is InChI=1S/C20H24N2O3S2/c1-2-26-15-16-7-9-18(10-8-16)20(23)21-12-14-27(24,25)22-13-11-17-5-3-4-6-19(17)22/h3-10H,2,11-15H2,1H3,(H,21,23). The molecule has 0 spiro atoms. The Morgan fingerprint density at radius 3 is 2.63 bits per heavy atom. The number of benzene rings is 2. The van der Waals surface area contributed by atoms with Crippen LogP contribution >= 0.6 is 11.8 Å². The van der Waals surface area contributed by atoms with Gasteiger partial charge in [-0.15, -0.1) is 0 Å². The average Bonchev–Trinajstić information content (AvgIpc) is 3.11. The van der Waals surface area contributed by atoms with Crippen molar-refractivity contribution in [2.75, 3.05) is 28.9 Å². The van der Waals surface area contributed by atoms with Gasteiger partial charge in [0.1, 0.15) is 0 Å². The van der Waals surface area contributed by atoms with Crippen LogP contribution in [0.5, 0.6) is 0 Å². The van der Waals surface area contributed by atoms with Gasteiger partial charge in [0.15, 0.2) is 0 Å². The smallest absolute Gasteiger partial charge is 0.251 e. The highest BCUT2D eigenvalue weighted by atomic mass is 32.2. The van der Waals surface area contributed by atoms with Crippen molar-refractivity contribution in [1.82, 2.24) is 5.32 Å². The third-order valence-electron chi connectivity index (χ3n) is 4.51. The molecule has 0 unspecified atom stereocenters. The van der Waals surface area contributed by atoms with Gasteiger partial charge in [0.2, 0.25) is 10.0 Å². The van der Waals surface area contributed by atoms with Crippen LogP contribution in [-0.4, -0.2) is 38.9 Å². The average molecular weight is 405 g/mol. The molecule has 5 nitrogen and oxygen atoms in total. The first-order valence-corrected chi connectivity index (χ1v) is 11.8. The minimum atomic E-state index is -3.45. The van der Waals surface area contributed by atoms with Crippen molar-refractivity contribution in [3.8, 4) is 0 Å². The number of carbonyl (C=O) groups is 1. The molecule has 3 rings (SSSR count). The van der Waals surface area contributed by atoms with Crippen molar-refractivity contribution in [2.24, 2.45) is 0 Å². The molecule has 1 heterocycles. The van der Waals surface area contributed by atoms with Gasteiger partial charge in [-0.25, -0.2) is 8.42 Å². The summed E-state index contributed by atoms with van der Waals surface area (Å²) in [4.78, 5) is 12.3. The van der Waals surface area contributed by atoms with Crippen molar-refractivity contribution < 1.29 is 13.2 Å². The van der Waals surface area contributed by atoms with Gasteiger partial charge < -0.3 is 5.32 Å². The van der Waals surface area contributed by atoms with Crippen LogP contribution in [0.15, 0.2) is 48.5 Å². The first-order chi connectivity index (χ1) is 13.0. The summed E-state index contributed by atoms with van der Waals surface area (Å²) in [5, 5.41) is 2.72. The van der Waals surface area contributed by atoms with Gasteiger partial charge in [0.05, 0.1) is 11.4 Å². The molecule has 0 fully saturated rings. The Morgan fingerprint density at radius 2 is 1.89 bits per heavy atom. The lowest BCUT2D eigenvalue weighted by Gasteiger charge is -2.19. The third kappa shape index (κ3) is 4.84. The summed E-state index contributed by atoms with van der Waals surface area (Å²) in [6, 6.07) is 15.0. The van der Waals surface area contributed by atoms with Crippen molar-refractivity contribution >= 4 is 33.4 Å². The number of carbonyl (C=O) groups excluding carboxylic acids is 1. The van der Waals surface area contributed by atoms with Gasteiger partial charge in [-0.2, -0.15) is 11.8 Å². The van der Waals surface area contributed by atoms with E-state index in [1.54, 1.807) is 12.1 Å². The van der Waals surface area contributed by atoms with Gasteiger partial charge in [-0.3, -0.25) is 9.10 Å². The highest BCUT2D eigenvalue weighted by Crippen LogP contribution is 2.29. The van der Waals surface area contributed by atoms with Crippen LogP contribution in [0.2, 0.25) is 0 Å². The van der Waals surface area contributed by atoms with E-state index >= 15 is 0 Å². The summed E-state index contributed by atoms with van der Waals surface area (Å²) in [5.41, 5.74) is 3.52. The van der Waals surface area contributed by atoms with E-state index in [-0.39, 0.29) is 18.2 Å². The number of rotatable bonds is 8. The maximum atomic E-state index is 12.6. The van der Waals surface area contributed by atoms with E-state index in [4.69, 9.17) is 0 Å². The van der Waals surface area contributed by atoms with Crippen LogP contribution in [0.1, 0.15) is 28.4 Å². The van der Waals surface area contributed by atoms with Crippen molar-refractivity contribution in [2.45, 2.75) is 19.1 Å². The van der Waals surface area contributed by atoms with Gasteiger partial charge in [0.25, 0.3) is 5.91 Å². The largest absolute Gasteiger partial charge is 0.351 e. The maximum Gasteiger partial charge on any atom is 0.251 e. The van der Waals surface area contributed by atoms with Crippen molar-refractivity contribution in [3.05, 3.63) is 65.2 Å². The van der Waals surface area contributed by atoms with Crippen LogP contribution in [0.3, 0.4) is 0 Å². The van der Waals surface area contributed by atoms with Gasteiger partial charge in [0, 0.05) is 24.4 Å². The SMILES string of the molecule is CCSCc1ccc(C(=O)NCCS(=O)(=O)N2CCc3ccccc32)cc1. The first-order valence-electron chi connectivity index (χ1n) is 9.04. The highest BCUT2D eigenvalue weighted by molar-refractivity contribution is 7.98. The van der Waals surface area contributed by atoms with E-state index in [1.807, 2.05) is 48.2 Å². The molecule has 0 saturated carbocycles. The second-order valence-electron chi connectivity index (χ2n) is 6.36. The Kier molecular flexibility index (Phi) is 6.44. The van der Waals surface area contributed by atoms with Crippen LogP contribution in [0, 0.1) is 0 Å². The molecule has 0 radical (unpaired) electrons. The Hall–Kier alpha value is -1.99. The fourth-order valence-corrected chi connectivity index (χ4v) is 5.13. The number of hydrogen-bond acceptors (Lipinski definition) is 4. The molecular formula is C20H24N2O3S2. The molecule has 1 N–H and O–H groups in total. The molecule has 144 valence electrons. The third-order valence-corrected chi connectivity index (χ3v) is 7.23. The molecule has 0 atom stereocenters. The minimum absolute atomic E-state index is 0.0905. The van der Waals surface area contributed by atoms with E-state index in [1.165, 1.54) is 9.87 Å². The summed E-state index contributed by atoms with van der Waals surface area (Å²) in [6.07, 6.45) is 0.727. The van der Waals surface area contributed by atoms with E-state index in [2.05, 4.69) is 12.2 Å². The number of sulfonamides is 1. The zero-order valence-electron chi connectivity index (χ0n) is 15.3. The second-order valence-corrected chi connectivity index (χ2v) is 9.64. The highest BCUT2D eigenvalue weighted by Gasteiger charge is 2.28. The molecule has 1 amide bonds. The van der Waals surface area contributed by atoms with E-state index in [9.17, 15) is 13.2 Å². The van der Waals surface area contributed by atoms with Crippen molar-refractivity contribution in [3.63, 3.8) is 0 Å². The molecular weight excluding hydrogens is 380 g/mol.